The monoisotopic (exact) mass is 283 g/mol. The summed E-state index contributed by atoms with van der Waals surface area (Å²) >= 11 is 5.81. The Morgan fingerprint density at radius 1 is 1.37 bits per heavy atom. The van der Waals surface area contributed by atoms with Crippen molar-refractivity contribution >= 4 is 17.3 Å². The Labute approximate surface area is 118 Å². The van der Waals surface area contributed by atoms with E-state index in [9.17, 15) is 4.39 Å². The molecule has 0 saturated carbocycles. The molecule has 1 aromatic rings. The number of aliphatic imine (C=N–C) groups is 1. The third-order valence-corrected chi connectivity index (χ3v) is 3.06. The van der Waals surface area contributed by atoms with Crippen LogP contribution in [-0.2, 0) is 6.42 Å². The number of benzene rings is 1. The zero-order chi connectivity index (χ0) is 14.4. The summed E-state index contributed by atoms with van der Waals surface area (Å²) in [4.78, 5) is 4.23. The molecule has 104 valence electrons. The Hall–Kier alpha value is -1.19. The van der Waals surface area contributed by atoms with E-state index in [1.807, 2.05) is 13.0 Å². The average molecular weight is 284 g/mol. The third-order valence-electron chi connectivity index (χ3n) is 2.84. The van der Waals surface area contributed by atoms with Gasteiger partial charge in [0.1, 0.15) is 5.82 Å². The number of nitrogens with zero attached hydrogens (tertiary/aromatic N) is 1. The van der Waals surface area contributed by atoms with Gasteiger partial charge in [-0.2, -0.15) is 0 Å². The maximum atomic E-state index is 13.8. The van der Waals surface area contributed by atoms with Crippen molar-refractivity contribution < 1.29 is 9.50 Å². The highest BCUT2D eigenvalue weighted by Crippen LogP contribution is 2.15. The van der Waals surface area contributed by atoms with E-state index in [0.29, 0.717) is 27.6 Å². The molecular formula is C15H19ClFNO. The second-order valence-electron chi connectivity index (χ2n) is 4.39. The van der Waals surface area contributed by atoms with E-state index in [1.165, 1.54) is 6.07 Å². The number of aliphatic hydroxyl groups is 1. The molecule has 0 amide bonds. The van der Waals surface area contributed by atoms with Gasteiger partial charge in [-0.05, 0) is 37.5 Å². The van der Waals surface area contributed by atoms with Gasteiger partial charge in [0.25, 0.3) is 0 Å². The number of allylic oxidation sites excluding steroid dienone is 1. The van der Waals surface area contributed by atoms with Crippen molar-refractivity contribution in [2.45, 2.75) is 33.6 Å². The van der Waals surface area contributed by atoms with Crippen LogP contribution in [0.2, 0.25) is 0 Å². The molecular weight excluding hydrogens is 265 g/mol. The van der Waals surface area contributed by atoms with Crippen LogP contribution in [0.15, 0.2) is 33.9 Å². The highest BCUT2D eigenvalue weighted by Gasteiger charge is 2.06. The third kappa shape index (κ3) is 4.44. The van der Waals surface area contributed by atoms with Gasteiger partial charge < -0.3 is 5.11 Å². The number of aryl methyl sites for hydroxylation is 1. The maximum absolute atomic E-state index is 13.8. The van der Waals surface area contributed by atoms with Crippen LogP contribution < -0.4 is 0 Å². The van der Waals surface area contributed by atoms with E-state index < -0.39 is 0 Å². The number of aliphatic hydroxyl groups excluding tert-OH is 1. The van der Waals surface area contributed by atoms with Gasteiger partial charge in [-0.15, -0.1) is 0 Å². The molecule has 0 unspecified atom stereocenters. The van der Waals surface area contributed by atoms with Crippen LogP contribution in [0.5, 0.6) is 0 Å². The maximum Gasteiger partial charge on any atom is 0.127 e. The molecule has 0 spiro atoms. The van der Waals surface area contributed by atoms with Crippen LogP contribution in [0.4, 0.5) is 4.39 Å². The molecule has 1 aromatic carbocycles. The topological polar surface area (TPSA) is 32.6 Å². The first kappa shape index (κ1) is 15.9. The molecule has 1 rings (SSSR count). The zero-order valence-corrected chi connectivity index (χ0v) is 12.3. The lowest BCUT2D eigenvalue weighted by Gasteiger charge is -2.06. The Kier molecular flexibility index (Phi) is 6.19. The minimum Gasteiger partial charge on any atom is -0.390 e. The van der Waals surface area contributed by atoms with Crippen LogP contribution in [0, 0.1) is 5.82 Å². The summed E-state index contributed by atoms with van der Waals surface area (Å²) < 4.78 is 13.8. The quantitative estimate of drug-likeness (QED) is 0.813. The molecule has 0 fully saturated rings. The summed E-state index contributed by atoms with van der Waals surface area (Å²) in [6, 6.07) is 5.09. The molecule has 0 aliphatic rings. The fourth-order valence-electron chi connectivity index (χ4n) is 1.73. The number of hydrogen-bond donors (Lipinski definition) is 1. The molecule has 0 aliphatic heterocycles. The fourth-order valence-corrected chi connectivity index (χ4v) is 1.83. The Bertz CT molecular complexity index is 505. The molecule has 0 atom stereocenters. The largest absolute Gasteiger partial charge is 0.390 e. The molecule has 2 nitrogen and oxygen atoms in total. The first-order valence-corrected chi connectivity index (χ1v) is 6.67. The van der Waals surface area contributed by atoms with Crippen LogP contribution in [0.3, 0.4) is 0 Å². The highest BCUT2D eigenvalue weighted by atomic mass is 35.5. The highest BCUT2D eigenvalue weighted by molar-refractivity contribution is 6.29. The molecule has 0 radical (unpaired) electrons. The smallest absolute Gasteiger partial charge is 0.127 e. The molecule has 0 bridgehead atoms. The molecule has 0 heterocycles. The van der Waals surface area contributed by atoms with Crippen LogP contribution >= 0.6 is 11.6 Å². The second kappa shape index (κ2) is 7.41. The molecule has 1 N–H and O–H groups in total. The van der Waals surface area contributed by atoms with Crippen molar-refractivity contribution in [1.29, 1.82) is 0 Å². The van der Waals surface area contributed by atoms with Gasteiger partial charge in [0.2, 0.25) is 0 Å². The van der Waals surface area contributed by atoms with Crippen molar-refractivity contribution in [3.63, 3.8) is 0 Å². The first-order chi connectivity index (χ1) is 8.99. The number of rotatable bonds is 5. The molecule has 0 aliphatic carbocycles. The van der Waals surface area contributed by atoms with Gasteiger partial charge >= 0.3 is 0 Å². The summed E-state index contributed by atoms with van der Waals surface area (Å²) in [6.45, 7) is 5.21. The Morgan fingerprint density at radius 2 is 2.05 bits per heavy atom. The van der Waals surface area contributed by atoms with E-state index in [2.05, 4.69) is 4.99 Å². The molecule has 0 aromatic heterocycles. The van der Waals surface area contributed by atoms with E-state index in [-0.39, 0.29) is 12.4 Å². The van der Waals surface area contributed by atoms with Crippen molar-refractivity contribution in [3.8, 4) is 0 Å². The molecule has 0 saturated heterocycles. The van der Waals surface area contributed by atoms with E-state index in [4.69, 9.17) is 16.7 Å². The molecule has 19 heavy (non-hydrogen) atoms. The number of halogens is 2. The fraction of sp³-hybridized carbons (Fsp3) is 0.400. The van der Waals surface area contributed by atoms with Crippen molar-refractivity contribution in [3.05, 3.63) is 45.9 Å². The van der Waals surface area contributed by atoms with E-state index in [0.717, 1.165) is 12.8 Å². The lowest BCUT2D eigenvalue weighted by molar-refractivity contribution is 0.329. The van der Waals surface area contributed by atoms with Gasteiger partial charge in [0.05, 0.1) is 12.3 Å². The first-order valence-electron chi connectivity index (χ1n) is 6.29. The summed E-state index contributed by atoms with van der Waals surface area (Å²) in [5.41, 5.74) is 2.44. The lowest BCUT2D eigenvalue weighted by Crippen LogP contribution is -2.01. The van der Waals surface area contributed by atoms with Gasteiger partial charge in [-0.3, -0.25) is 4.99 Å². The second-order valence-corrected chi connectivity index (χ2v) is 4.96. The van der Waals surface area contributed by atoms with E-state index >= 15 is 0 Å². The summed E-state index contributed by atoms with van der Waals surface area (Å²) in [6.07, 6.45) is 1.64. The van der Waals surface area contributed by atoms with Crippen LogP contribution in [0.25, 0.3) is 0 Å². The zero-order valence-electron chi connectivity index (χ0n) is 11.5. The standard InChI is InChI=1S/C15H19ClFNO/c1-4-5-12-6-7-13(8-14(12)17)11(3)18-15(9-19)10(2)16/h6-8,19H,4-5,9H2,1-3H3/b15-10+,18-11?. The summed E-state index contributed by atoms with van der Waals surface area (Å²) in [5.74, 6) is -0.217. The van der Waals surface area contributed by atoms with Gasteiger partial charge in [0, 0.05) is 10.7 Å². The number of hydrogen-bond acceptors (Lipinski definition) is 2. The van der Waals surface area contributed by atoms with E-state index in [1.54, 1.807) is 19.9 Å². The van der Waals surface area contributed by atoms with Crippen LogP contribution in [-0.4, -0.2) is 17.4 Å². The lowest BCUT2D eigenvalue weighted by atomic mass is 10.0. The predicted molar refractivity (Wildman–Crippen MR) is 78.2 cm³/mol. The van der Waals surface area contributed by atoms with Gasteiger partial charge in [-0.25, -0.2) is 4.39 Å². The summed E-state index contributed by atoms with van der Waals surface area (Å²) in [7, 11) is 0. The normalized spacial score (nSPS) is 13.5. The van der Waals surface area contributed by atoms with Crippen molar-refractivity contribution in [2.24, 2.45) is 4.99 Å². The Balaban J connectivity index is 3.07. The minimum atomic E-state index is -0.233. The van der Waals surface area contributed by atoms with Crippen LogP contribution in [0.1, 0.15) is 38.3 Å². The van der Waals surface area contributed by atoms with Crippen molar-refractivity contribution in [2.75, 3.05) is 6.61 Å². The predicted octanol–water partition coefficient (Wildman–Crippen LogP) is 4.05. The van der Waals surface area contributed by atoms with Gasteiger partial charge in [0.15, 0.2) is 0 Å². The summed E-state index contributed by atoms with van der Waals surface area (Å²) in [5, 5.41) is 9.57. The van der Waals surface area contributed by atoms with Crippen molar-refractivity contribution in [1.82, 2.24) is 0 Å². The average Bonchev–Trinajstić information content (AvgIpc) is 2.37. The SMILES string of the molecule is CCCc1ccc(C(C)=N/C(CO)=C(\C)Cl)cc1F. The Morgan fingerprint density at radius 3 is 2.53 bits per heavy atom. The van der Waals surface area contributed by atoms with Gasteiger partial charge in [-0.1, -0.05) is 37.1 Å². The minimum absolute atomic E-state index is 0.217. The molecule has 4 heteroatoms.